The zero-order valence-electron chi connectivity index (χ0n) is 12.4. The molecular formula is C18H24N2. The Morgan fingerprint density at radius 2 is 1.95 bits per heavy atom. The Bertz CT molecular complexity index is 551. The SMILES string of the molecule is CCCC1CCN(Cc2ccnc3ccccc23)CC1. The molecule has 0 atom stereocenters. The summed E-state index contributed by atoms with van der Waals surface area (Å²) in [6.45, 7) is 5.87. The minimum atomic E-state index is 0.963. The number of fused-ring (bicyclic) bond motifs is 1. The van der Waals surface area contributed by atoms with Gasteiger partial charge in [0.15, 0.2) is 0 Å². The monoisotopic (exact) mass is 268 g/mol. The van der Waals surface area contributed by atoms with Crippen molar-refractivity contribution >= 4 is 10.9 Å². The summed E-state index contributed by atoms with van der Waals surface area (Å²) in [6.07, 6.45) is 7.43. The molecule has 0 radical (unpaired) electrons. The van der Waals surface area contributed by atoms with Crippen LogP contribution in [0, 0.1) is 5.92 Å². The molecule has 0 bridgehead atoms. The second kappa shape index (κ2) is 6.36. The molecule has 1 aromatic carbocycles. The van der Waals surface area contributed by atoms with Gasteiger partial charge in [0, 0.05) is 18.1 Å². The number of hydrogen-bond donors (Lipinski definition) is 0. The van der Waals surface area contributed by atoms with Gasteiger partial charge >= 0.3 is 0 Å². The van der Waals surface area contributed by atoms with E-state index in [-0.39, 0.29) is 0 Å². The summed E-state index contributed by atoms with van der Waals surface area (Å²) in [5.41, 5.74) is 2.54. The fourth-order valence-corrected chi connectivity index (χ4v) is 3.38. The van der Waals surface area contributed by atoms with Gasteiger partial charge in [-0.15, -0.1) is 0 Å². The van der Waals surface area contributed by atoms with Gasteiger partial charge in [-0.1, -0.05) is 38.0 Å². The number of nitrogens with zero attached hydrogens (tertiary/aromatic N) is 2. The maximum absolute atomic E-state index is 4.45. The third-order valence-electron chi connectivity index (χ3n) is 4.54. The Morgan fingerprint density at radius 3 is 2.75 bits per heavy atom. The van der Waals surface area contributed by atoms with Crippen molar-refractivity contribution in [2.45, 2.75) is 39.2 Å². The third-order valence-corrected chi connectivity index (χ3v) is 4.54. The number of rotatable bonds is 4. The van der Waals surface area contributed by atoms with Crippen LogP contribution in [0.1, 0.15) is 38.2 Å². The van der Waals surface area contributed by atoms with Crippen LogP contribution in [-0.2, 0) is 6.54 Å². The predicted octanol–water partition coefficient (Wildman–Crippen LogP) is 4.25. The van der Waals surface area contributed by atoms with Crippen molar-refractivity contribution in [2.75, 3.05) is 13.1 Å². The summed E-state index contributed by atoms with van der Waals surface area (Å²) in [7, 11) is 0. The average Bonchev–Trinajstić information content (AvgIpc) is 2.50. The summed E-state index contributed by atoms with van der Waals surface area (Å²) >= 11 is 0. The smallest absolute Gasteiger partial charge is 0.0705 e. The lowest BCUT2D eigenvalue weighted by Crippen LogP contribution is -2.33. The second-order valence-corrected chi connectivity index (χ2v) is 6.00. The second-order valence-electron chi connectivity index (χ2n) is 6.00. The normalized spacial score (nSPS) is 17.6. The van der Waals surface area contributed by atoms with Gasteiger partial charge in [0.25, 0.3) is 0 Å². The first-order valence-corrected chi connectivity index (χ1v) is 7.92. The molecule has 0 aliphatic carbocycles. The molecule has 1 aliphatic heterocycles. The van der Waals surface area contributed by atoms with E-state index >= 15 is 0 Å². The summed E-state index contributed by atoms with van der Waals surface area (Å²) in [6, 6.07) is 10.7. The number of benzene rings is 1. The molecule has 0 unspecified atom stereocenters. The first-order chi connectivity index (χ1) is 9.86. The van der Waals surface area contributed by atoms with Gasteiger partial charge in [0.1, 0.15) is 0 Å². The minimum Gasteiger partial charge on any atom is -0.299 e. The largest absolute Gasteiger partial charge is 0.299 e. The number of pyridine rings is 1. The van der Waals surface area contributed by atoms with Crippen molar-refractivity contribution in [3.05, 3.63) is 42.1 Å². The van der Waals surface area contributed by atoms with E-state index in [9.17, 15) is 0 Å². The van der Waals surface area contributed by atoms with Gasteiger partial charge < -0.3 is 0 Å². The van der Waals surface area contributed by atoms with Crippen LogP contribution in [0.15, 0.2) is 36.5 Å². The maximum atomic E-state index is 4.45. The van der Waals surface area contributed by atoms with E-state index < -0.39 is 0 Å². The van der Waals surface area contributed by atoms with E-state index in [0.717, 1.165) is 18.0 Å². The molecule has 2 aromatic rings. The van der Waals surface area contributed by atoms with E-state index in [0.29, 0.717) is 0 Å². The standard InChI is InChI=1S/C18H24N2/c1-2-5-15-9-12-20(13-10-15)14-16-8-11-19-18-7-4-3-6-17(16)18/h3-4,6-8,11,15H,2,5,9-10,12-14H2,1H3. The summed E-state index contributed by atoms with van der Waals surface area (Å²) in [5, 5.41) is 1.31. The Labute approximate surface area is 121 Å². The van der Waals surface area contributed by atoms with E-state index in [1.54, 1.807) is 0 Å². The summed E-state index contributed by atoms with van der Waals surface area (Å²) in [5.74, 6) is 0.963. The van der Waals surface area contributed by atoms with Crippen molar-refractivity contribution in [1.29, 1.82) is 0 Å². The predicted molar refractivity (Wildman–Crippen MR) is 84.7 cm³/mol. The molecule has 2 heterocycles. The van der Waals surface area contributed by atoms with Crippen LogP contribution in [0.2, 0.25) is 0 Å². The van der Waals surface area contributed by atoms with E-state index in [4.69, 9.17) is 0 Å². The molecule has 1 fully saturated rings. The van der Waals surface area contributed by atoms with Gasteiger partial charge in [-0.2, -0.15) is 0 Å². The Morgan fingerprint density at radius 1 is 1.15 bits per heavy atom. The number of likely N-dealkylation sites (tertiary alicyclic amines) is 1. The fraction of sp³-hybridized carbons (Fsp3) is 0.500. The molecular weight excluding hydrogens is 244 g/mol. The number of para-hydroxylation sites is 1. The zero-order chi connectivity index (χ0) is 13.8. The Kier molecular flexibility index (Phi) is 4.31. The first kappa shape index (κ1) is 13.6. The van der Waals surface area contributed by atoms with Crippen LogP contribution in [0.3, 0.4) is 0 Å². The fourth-order valence-electron chi connectivity index (χ4n) is 3.38. The van der Waals surface area contributed by atoms with Gasteiger partial charge in [-0.25, -0.2) is 0 Å². The Hall–Kier alpha value is -1.41. The van der Waals surface area contributed by atoms with Crippen molar-refractivity contribution < 1.29 is 0 Å². The average molecular weight is 268 g/mol. The molecule has 0 N–H and O–H groups in total. The molecule has 3 rings (SSSR count). The lowest BCUT2D eigenvalue weighted by atomic mass is 9.92. The molecule has 2 nitrogen and oxygen atoms in total. The van der Waals surface area contributed by atoms with Crippen LogP contribution >= 0.6 is 0 Å². The van der Waals surface area contributed by atoms with Crippen molar-refractivity contribution in [3.8, 4) is 0 Å². The lowest BCUT2D eigenvalue weighted by molar-refractivity contribution is 0.172. The van der Waals surface area contributed by atoms with Crippen LogP contribution in [0.4, 0.5) is 0 Å². The first-order valence-electron chi connectivity index (χ1n) is 7.92. The highest BCUT2D eigenvalue weighted by Crippen LogP contribution is 2.24. The Balaban J connectivity index is 1.68. The number of piperidine rings is 1. The van der Waals surface area contributed by atoms with Crippen LogP contribution in [0.25, 0.3) is 10.9 Å². The third kappa shape index (κ3) is 3.01. The molecule has 20 heavy (non-hydrogen) atoms. The maximum Gasteiger partial charge on any atom is 0.0705 e. The lowest BCUT2D eigenvalue weighted by Gasteiger charge is -2.32. The molecule has 1 aromatic heterocycles. The number of aromatic nitrogens is 1. The molecule has 1 aliphatic rings. The molecule has 1 saturated heterocycles. The van der Waals surface area contributed by atoms with Crippen molar-refractivity contribution in [3.63, 3.8) is 0 Å². The summed E-state index contributed by atoms with van der Waals surface area (Å²) < 4.78 is 0. The summed E-state index contributed by atoms with van der Waals surface area (Å²) in [4.78, 5) is 7.06. The van der Waals surface area contributed by atoms with Crippen LogP contribution in [-0.4, -0.2) is 23.0 Å². The molecule has 0 spiro atoms. The number of hydrogen-bond acceptors (Lipinski definition) is 2. The molecule has 0 amide bonds. The van der Waals surface area contributed by atoms with Crippen molar-refractivity contribution in [1.82, 2.24) is 9.88 Å². The highest BCUT2D eigenvalue weighted by atomic mass is 15.1. The topological polar surface area (TPSA) is 16.1 Å². The van der Waals surface area contributed by atoms with Gasteiger partial charge in [-0.3, -0.25) is 9.88 Å². The van der Waals surface area contributed by atoms with Gasteiger partial charge in [-0.05, 0) is 49.5 Å². The zero-order valence-corrected chi connectivity index (χ0v) is 12.4. The highest BCUT2D eigenvalue weighted by molar-refractivity contribution is 5.81. The van der Waals surface area contributed by atoms with E-state index in [2.05, 4.69) is 47.1 Å². The van der Waals surface area contributed by atoms with Crippen LogP contribution in [0.5, 0.6) is 0 Å². The van der Waals surface area contributed by atoms with Gasteiger partial charge in [0.05, 0.1) is 5.52 Å². The molecule has 0 saturated carbocycles. The molecule has 106 valence electrons. The van der Waals surface area contributed by atoms with E-state index in [1.807, 2.05) is 6.20 Å². The van der Waals surface area contributed by atoms with E-state index in [1.165, 1.54) is 49.7 Å². The quantitative estimate of drug-likeness (QED) is 0.824. The van der Waals surface area contributed by atoms with Crippen molar-refractivity contribution in [2.24, 2.45) is 5.92 Å². The van der Waals surface area contributed by atoms with Crippen LogP contribution < -0.4 is 0 Å². The van der Waals surface area contributed by atoms with Gasteiger partial charge in [0.2, 0.25) is 0 Å². The molecule has 2 heteroatoms. The minimum absolute atomic E-state index is 0.963. The highest BCUT2D eigenvalue weighted by Gasteiger charge is 2.18.